The van der Waals surface area contributed by atoms with Gasteiger partial charge in [0.05, 0.1) is 0 Å². The molecule has 2 aliphatic rings. The van der Waals surface area contributed by atoms with E-state index in [2.05, 4.69) is 11.5 Å². The second-order valence-electron chi connectivity index (χ2n) is 2.84. The van der Waals surface area contributed by atoms with Crippen molar-refractivity contribution in [1.29, 1.82) is 3.70 Å². The van der Waals surface area contributed by atoms with Crippen molar-refractivity contribution in [2.45, 2.75) is 18.1 Å². The lowest BCUT2D eigenvalue weighted by atomic mass is 9.94. The molecule has 0 aromatic heterocycles. The van der Waals surface area contributed by atoms with Gasteiger partial charge in [-0.1, -0.05) is 17.3 Å². The Balaban J connectivity index is 2.11. The Labute approximate surface area is 72.9 Å². The zero-order valence-electron chi connectivity index (χ0n) is 8.71. The zero-order valence-corrected chi connectivity index (χ0v) is 7.53. The molecule has 54 valence electrons. The number of rotatable bonds is 1. The van der Waals surface area contributed by atoms with Crippen LogP contribution in [0.1, 0.15) is 12.8 Å². The van der Waals surface area contributed by atoms with Gasteiger partial charge in [0.1, 0.15) is 0 Å². The highest BCUT2D eigenvalue weighted by Crippen LogP contribution is 2.38. The molecule has 2 unspecified atom stereocenters. The fraction of sp³-hybridized carbons (Fsp3) is 0.500. The van der Waals surface area contributed by atoms with Gasteiger partial charge in [0.2, 0.25) is 0 Å². The van der Waals surface area contributed by atoms with Crippen molar-refractivity contribution in [2.24, 2.45) is 5.92 Å². The number of hydrogen-bond donors (Lipinski definition) is 0. The fourth-order valence-electron chi connectivity index (χ4n) is 1.48. The topological polar surface area (TPSA) is 0 Å². The van der Waals surface area contributed by atoms with E-state index in [0.29, 0.717) is 11.2 Å². The van der Waals surface area contributed by atoms with E-state index in [9.17, 15) is 0 Å². The smallest absolute Gasteiger partial charge is 0.0329 e. The molecule has 0 fully saturated rings. The average molecular weight is 174 g/mol. The Hall–Kier alpha value is 0.0469. The molecular weight excluding hydrogens is 156 g/mol. The summed E-state index contributed by atoms with van der Waals surface area (Å²) < 4.78 is 22.4. The third kappa shape index (κ3) is 1.10. The molecule has 0 nitrogen and oxygen atoms in total. The molecule has 0 spiro atoms. The summed E-state index contributed by atoms with van der Waals surface area (Å²) in [7, 11) is -3.25. The van der Waals surface area contributed by atoms with Gasteiger partial charge < -0.3 is 0 Å². The minimum Gasteiger partial charge on any atom is -0.130 e. The molecule has 0 N–H and O–H groups in total. The van der Waals surface area contributed by atoms with E-state index in [1.54, 1.807) is 11.8 Å². The minimum atomic E-state index is -3.25. The van der Waals surface area contributed by atoms with Crippen molar-refractivity contribution in [2.75, 3.05) is 0 Å². The predicted octanol–water partition coefficient (Wildman–Crippen LogP) is 1.27. The lowest BCUT2D eigenvalue weighted by Gasteiger charge is -2.22. The zero-order chi connectivity index (χ0) is 9.47. The summed E-state index contributed by atoms with van der Waals surface area (Å²) in [5.74, 6) is 0.602. The van der Waals surface area contributed by atoms with Gasteiger partial charge in [0, 0.05) is 19.0 Å². The number of fused-ring (bicyclic) bond motifs is 1. The van der Waals surface area contributed by atoms with Crippen molar-refractivity contribution in [3.05, 3.63) is 22.8 Å². The van der Waals surface area contributed by atoms with Gasteiger partial charge in [-0.15, -0.1) is 11.8 Å². The lowest BCUT2D eigenvalue weighted by Crippen LogP contribution is -2.16. The molecule has 0 aromatic rings. The molecular formula is C8H12SSi. The summed E-state index contributed by atoms with van der Waals surface area (Å²) in [5.41, 5.74) is 0. The average Bonchev–Trinajstić information content (AvgIpc) is 2.47. The first kappa shape index (κ1) is 4.17. The molecule has 0 aromatic carbocycles. The Morgan fingerprint density at radius 2 is 2.80 bits per heavy atom. The first-order valence-corrected chi connectivity index (χ1v) is 5.03. The molecule has 0 saturated heterocycles. The Morgan fingerprint density at radius 3 is 3.70 bits per heavy atom. The predicted molar refractivity (Wildman–Crippen MR) is 51.3 cm³/mol. The largest absolute Gasteiger partial charge is 0.130 e. The van der Waals surface area contributed by atoms with E-state index >= 15 is 0 Å². The Morgan fingerprint density at radius 1 is 1.80 bits per heavy atom. The summed E-state index contributed by atoms with van der Waals surface area (Å²) in [5, 5.41) is 3.44. The van der Waals surface area contributed by atoms with Crippen LogP contribution in [0.4, 0.5) is 0 Å². The minimum absolute atomic E-state index is 0.521. The van der Waals surface area contributed by atoms with Crippen molar-refractivity contribution < 1.29 is 0 Å². The molecule has 2 atom stereocenters. The normalized spacial score (nSPS) is 43.2. The van der Waals surface area contributed by atoms with Crippen molar-refractivity contribution in [3.63, 3.8) is 0 Å². The Kier molecular flexibility index (Phi) is 1.08. The summed E-state index contributed by atoms with van der Waals surface area (Å²) >= 11 is 1.80. The summed E-state index contributed by atoms with van der Waals surface area (Å²) in [6, 6.07) is 0. The van der Waals surface area contributed by atoms with Crippen LogP contribution >= 0.6 is 11.8 Å². The fourth-order valence-corrected chi connectivity index (χ4v) is 3.14. The van der Waals surface area contributed by atoms with Crippen LogP contribution in [0, 0.1) is 5.92 Å². The van der Waals surface area contributed by atoms with Crippen molar-refractivity contribution in [1.82, 2.24) is 0 Å². The van der Waals surface area contributed by atoms with Crippen LogP contribution in [0.2, 0.25) is 0 Å². The third-order valence-electron chi connectivity index (χ3n) is 2.11. The van der Waals surface area contributed by atoms with Crippen LogP contribution in [-0.2, 0) is 0 Å². The summed E-state index contributed by atoms with van der Waals surface area (Å²) in [6.07, 6.45) is 5.92. The Bertz CT molecular complexity index is 269. The molecule has 0 amide bonds. The standard InChI is InChI=1S/C8H12SSi/c10-7-2-1-6-3-4-9-8(6)5-7/h2-4,6,8H,1,5H2,10H3/i10T3. The lowest BCUT2D eigenvalue weighted by molar-refractivity contribution is 0.605. The molecule has 0 saturated carbocycles. The van der Waals surface area contributed by atoms with Gasteiger partial charge in [-0.2, -0.15) is 0 Å². The van der Waals surface area contributed by atoms with Crippen LogP contribution in [0.15, 0.2) is 22.8 Å². The van der Waals surface area contributed by atoms with Gasteiger partial charge in [-0.05, 0) is 24.2 Å². The number of hydrogen-bond acceptors (Lipinski definition) is 1. The first-order valence-electron chi connectivity index (χ1n) is 5.09. The van der Waals surface area contributed by atoms with E-state index in [-0.39, 0.29) is 0 Å². The molecule has 1 aliphatic heterocycles. The van der Waals surface area contributed by atoms with Gasteiger partial charge in [0.25, 0.3) is 0 Å². The molecule has 10 heavy (non-hydrogen) atoms. The van der Waals surface area contributed by atoms with E-state index < -0.39 is 10.0 Å². The van der Waals surface area contributed by atoms with Crippen LogP contribution in [-0.4, -0.2) is 19.0 Å². The van der Waals surface area contributed by atoms with Gasteiger partial charge >= 0.3 is 0 Å². The summed E-state index contributed by atoms with van der Waals surface area (Å²) in [4.78, 5) is 0. The van der Waals surface area contributed by atoms with Gasteiger partial charge in [-0.25, -0.2) is 0 Å². The monoisotopic (exact) mass is 174 g/mol. The third-order valence-corrected chi connectivity index (χ3v) is 3.70. The van der Waals surface area contributed by atoms with E-state index in [4.69, 9.17) is 3.70 Å². The molecule has 2 heteroatoms. The van der Waals surface area contributed by atoms with Gasteiger partial charge in [-0.3, -0.25) is 0 Å². The maximum Gasteiger partial charge on any atom is 0.0329 e. The van der Waals surface area contributed by atoms with Crippen LogP contribution in [0.3, 0.4) is 0 Å². The molecule has 1 heterocycles. The van der Waals surface area contributed by atoms with Crippen LogP contribution in [0.25, 0.3) is 0 Å². The van der Waals surface area contributed by atoms with Crippen molar-refractivity contribution >= 4 is 21.8 Å². The summed E-state index contributed by atoms with van der Waals surface area (Å²) in [6.45, 7) is 0. The molecule has 2 rings (SSSR count). The maximum atomic E-state index is 7.45. The quantitative estimate of drug-likeness (QED) is 0.540. The number of thioether (sulfide) groups is 1. The highest BCUT2D eigenvalue weighted by atomic mass is 32.2. The highest BCUT2D eigenvalue weighted by molar-refractivity contribution is 8.03. The maximum absolute atomic E-state index is 7.45. The van der Waals surface area contributed by atoms with E-state index in [1.807, 2.05) is 6.08 Å². The van der Waals surface area contributed by atoms with E-state index in [0.717, 1.165) is 18.0 Å². The van der Waals surface area contributed by atoms with Crippen LogP contribution < -0.4 is 0 Å². The van der Waals surface area contributed by atoms with Crippen molar-refractivity contribution in [3.8, 4) is 0 Å². The SMILES string of the molecule is [3H][Si]([3H])([3H])C1=CCC2C=CSC2C1. The molecule has 0 radical (unpaired) electrons. The second kappa shape index (κ2) is 2.59. The van der Waals surface area contributed by atoms with Gasteiger partial charge in [0.15, 0.2) is 0 Å². The highest BCUT2D eigenvalue weighted by Gasteiger charge is 2.25. The number of allylic oxidation sites excluding steroid dienone is 3. The van der Waals surface area contributed by atoms with E-state index in [1.165, 1.54) is 0 Å². The van der Waals surface area contributed by atoms with Crippen LogP contribution in [0.5, 0.6) is 0 Å². The molecule has 1 aliphatic carbocycles. The second-order valence-corrected chi connectivity index (χ2v) is 4.63. The molecule has 0 bridgehead atoms. The first-order chi connectivity index (χ1) is 6.07.